The lowest BCUT2D eigenvalue weighted by atomic mass is 9.86. The molecule has 6 heteroatoms. The third kappa shape index (κ3) is 4.27. The Morgan fingerprint density at radius 1 is 1.07 bits per heavy atom. The highest BCUT2D eigenvalue weighted by Gasteiger charge is 2.17. The van der Waals surface area contributed by atoms with E-state index in [1.54, 1.807) is 29.8 Å². The maximum absolute atomic E-state index is 14.0. The van der Waals surface area contributed by atoms with Gasteiger partial charge in [0.25, 0.3) is 0 Å². The maximum atomic E-state index is 14.0. The summed E-state index contributed by atoms with van der Waals surface area (Å²) in [5, 5.41) is 8.76. The van der Waals surface area contributed by atoms with E-state index in [2.05, 4.69) is 31.0 Å². The molecule has 0 unspecified atom stereocenters. The third-order valence-electron chi connectivity index (χ3n) is 4.35. The Balaban J connectivity index is 1.70. The summed E-state index contributed by atoms with van der Waals surface area (Å²) in [5.74, 6) is 0.367. The normalized spacial score (nSPS) is 11.6. The Kier molecular flexibility index (Phi) is 5.46. The van der Waals surface area contributed by atoms with Gasteiger partial charge in [-0.15, -0.1) is 10.2 Å². The van der Waals surface area contributed by atoms with E-state index in [4.69, 9.17) is 0 Å². The number of rotatable bonds is 5. The predicted octanol–water partition coefficient (Wildman–Crippen LogP) is 4.89. The Labute approximate surface area is 162 Å². The Bertz CT molecular complexity index is 958. The van der Waals surface area contributed by atoms with E-state index in [0.29, 0.717) is 22.1 Å². The van der Waals surface area contributed by atoms with Gasteiger partial charge in [-0.05, 0) is 23.1 Å². The van der Waals surface area contributed by atoms with E-state index in [1.807, 2.05) is 24.3 Å². The summed E-state index contributed by atoms with van der Waals surface area (Å²) in [5.41, 5.74) is 2.31. The van der Waals surface area contributed by atoms with Crippen molar-refractivity contribution in [3.05, 3.63) is 65.5 Å². The van der Waals surface area contributed by atoms with Gasteiger partial charge in [0.1, 0.15) is 5.82 Å². The third-order valence-corrected chi connectivity index (χ3v) is 5.38. The van der Waals surface area contributed by atoms with E-state index in [9.17, 15) is 9.18 Å². The van der Waals surface area contributed by atoms with Gasteiger partial charge >= 0.3 is 0 Å². The maximum Gasteiger partial charge on any atom is 0.191 e. The Hall–Kier alpha value is -2.47. The van der Waals surface area contributed by atoms with Gasteiger partial charge in [-0.25, -0.2) is 4.39 Å². The first-order valence-electron chi connectivity index (χ1n) is 8.68. The number of halogens is 1. The zero-order valence-electron chi connectivity index (χ0n) is 15.9. The molecule has 3 aromatic rings. The highest BCUT2D eigenvalue weighted by Crippen LogP contribution is 2.26. The number of nitrogens with zero attached hydrogens (tertiary/aromatic N) is 3. The van der Waals surface area contributed by atoms with Gasteiger partial charge < -0.3 is 4.57 Å². The van der Waals surface area contributed by atoms with Crippen LogP contribution in [-0.2, 0) is 12.5 Å². The zero-order chi connectivity index (χ0) is 19.6. The molecule has 0 aliphatic carbocycles. The summed E-state index contributed by atoms with van der Waals surface area (Å²) in [6, 6.07) is 14.2. The summed E-state index contributed by atoms with van der Waals surface area (Å²) >= 11 is 1.30. The molecule has 0 amide bonds. The molecule has 0 aliphatic rings. The van der Waals surface area contributed by atoms with Crippen LogP contribution in [0.25, 0.3) is 11.4 Å². The second-order valence-corrected chi connectivity index (χ2v) is 8.33. The minimum absolute atomic E-state index is 0.0240. The average molecular weight is 383 g/mol. The van der Waals surface area contributed by atoms with Crippen LogP contribution in [-0.4, -0.2) is 26.3 Å². The van der Waals surface area contributed by atoms with Crippen LogP contribution < -0.4 is 0 Å². The van der Waals surface area contributed by atoms with Crippen molar-refractivity contribution in [2.45, 2.75) is 31.3 Å². The van der Waals surface area contributed by atoms with Gasteiger partial charge in [0.05, 0.1) is 11.3 Å². The van der Waals surface area contributed by atoms with Crippen LogP contribution in [0.5, 0.6) is 0 Å². The van der Waals surface area contributed by atoms with E-state index >= 15 is 0 Å². The van der Waals surface area contributed by atoms with E-state index in [-0.39, 0.29) is 22.8 Å². The van der Waals surface area contributed by atoms with Crippen molar-refractivity contribution in [3.63, 3.8) is 0 Å². The molecule has 4 nitrogen and oxygen atoms in total. The average Bonchev–Trinajstić information content (AvgIpc) is 3.00. The molecule has 0 atom stereocenters. The molecule has 0 N–H and O–H groups in total. The minimum atomic E-state index is -0.348. The highest BCUT2D eigenvalue weighted by molar-refractivity contribution is 7.99. The van der Waals surface area contributed by atoms with Crippen LogP contribution in [0.2, 0.25) is 0 Å². The van der Waals surface area contributed by atoms with Crippen molar-refractivity contribution >= 4 is 17.5 Å². The molecule has 3 rings (SSSR count). The first-order chi connectivity index (χ1) is 12.8. The summed E-state index contributed by atoms with van der Waals surface area (Å²) in [6.07, 6.45) is 0. The first-order valence-corrected chi connectivity index (χ1v) is 9.67. The molecule has 0 spiro atoms. The molecule has 140 valence electrons. The van der Waals surface area contributed by atoms with Crippen LogP contribution >= 0.6 is 11.8 Å². The number of aromatic nitrogens is 3. The van der Waals surface area contributed by atoms with Gasteiger partial charge in [-0.2, -0.15) is 0 Å². The second kappa shape index (κ2) is 7.64. The molecule has 27 heavy (non-hydrogen) atoms. The van der Waals surface area contributed by atoms with Gasteiger partial charge in [-0.1, -0.05) is 68.9 Å². The van der Waals surface area contributed by atoms with Crippen molar-refractivity contribution in [1.29, 1.82) is 0 Å². The molecule has 0 radical (unpaired) electrons. The number of ketones is 1. The molecule has 0 fully saturated rings. The van der Waals surface area contributed by atoms with Gasteiger partial charge in [0.2, 0.25) is 0 Å². The van der Waals surface area contributed by atoms with Gasteiger partial charge in [0, 0.05) is 12.6 Å². The second-order valence-electron chi connectivity index (χ2n) is 7.38. The lowest BCUT2D eigenvalue weighted by Crippen LogP contribution is -2.11. The van der Waals surface area contributed by atoms with E-state index in [0.717, 1.165) is 0 Å². The van der Waals surface area contributed by atoms with Gasteiger partial charge in [-0.3, -0.25) is 4.79 Å². The molecule has 1 heterocycles. The largest absolute Gasteiger partial charge is 0.305 e. The smallest absolute Gasteiger partial charge is 0.191 e. The van der Waals surface area contributed by atoms with E-state index in [1.165, 1.54) is 23.4 Å². The topological polar surface area (TPSA) is 47.8 Å². The number of thioether (sulfide) groups is 1. The van der Waals surface area contributed by atoms with Crippen molar-refractivity contribution < 1.29 is 9.18 Å². The monoisotopic (exact) mass is 383 g/mol. The van der Waals surface area contributed by atoms with Crippen LogP contribution in [0.4, 0.5) is 4.39 Å². The predicted molar refractivity (Wildman–Crippen MR) is 107 cm³/mol. The quantitative estimate of drug-likeness (QED) is 0.465. The van der Waals surface area contributed by atoms with Crippen molar-refractivity contribution in [2.75, 3.05) is 5.75 Å². The van der Waals surface area contributed by atoms with Crippen LogP contribution in [0.15, 0.2) is 53.7 Å². The summed E-state index contributed by atoms with van der Waals surface area (Å²) in [6.45, 7) is 6.42. The fourth-order valence-electron chi connectivity index (χ4n) is 2.69. The molecular formula is C21H22FN3OS. The summed E-state index contributed by atoms with van der Waals surface area (Å²) in [4.78, 5) is 12.5. The number of carbonyl (C=O) groups excluding carboxylic acids is 1. The molecule has 1 aromatic heterocycles. The lowest BCUT2D eigenvalue weighted by Gasteiger charge is -2.18. The number of hydrogen-bond acceptors (Lipinski definition) is 4. The standard InChI is InChI=1S/C21H22FN3OS/c1-21(2,3)15-11-9-14(10-12-15)18(26)13-27-20-24-23-19(25(20)4)16-7-5-6-8-17(16)22/h5-12H,13H2,1-4H3. The lowest BCUT2D eigenvalue weighted by molar-refractivity contribution is 0.102. The van der Waals surface area contributed by atoms with Gasteiger partial charge in [0.15, 0.2) is 16.8 Å². The molecule has 0 saturated heterocycles. The number of hydrogen-bond donors (Lipinski definition) is 0. The van der Waals surface area contributed by atoms with Crippen molar-refractivity contribution in [3.8, 4) is 11.4 Å². The SMILES string of the molecule is Cn1c(SCC(=O)c2ccc(C(C)(C)C)cc2)nnc1-c1ccccc1F. The number of carbonyl (C=O) groups is 1. The molecule has 2 aromatic carbocycles. The summed E-state index contributed by atoms with van der Waals surface area (Å²) < 4.78 is 15.7. The number of benzene rings is 2. The zero-order valence-corrected chi connectivity index (χ0v) is 16.7. The molecule has 0 aliphatic heterocycles. The molecule has 0 saturated carbocycles. The Morgan fingerprint density at radius 2 is 1.74 bits per heavy atom. The molecular weight excluding hydrogens is 361 g/mol. The van der Waals surface area contributed by atoms with Crippen LogP contribution in [0.1, 0.15) is 36.7 Å². The fourth-order valence-corrected chi connectivity index (χ4v) is 3.49. The first kappa shape index (κ1) is 19.3. The van der Waals surface area contributed by atoms with Crippen LogP contribution in [0.3, 0.4) is 0 Å². The van der Waals surface area contributed by atoms with Crippen LogP contribution in [0, 0.1) is 5.82 Å². The Morgan fingerprint density at radius 3 is 2.37 bits per heavy atom. The van der Waals surface area contributed by atoms with Crippen molar-refractivity contribution in [1.82, 2.24) is 14.8 Å². The summed E-state index contributed by atoms with van der Waals surface area (Å²) in [7, 11) is 1.77. The highest BCUT2D eigenvalue weighted by atomic mass is 32.2. The molecule has 0 bridgehead atoms. The van der Waals surface area contributed by atoms with Crippen molar-refractivity contribution in [2.24, 2.45) is 7.05 Å². The van der Waals surface area contributed by atoms with E-state index < -0.39 is 0 Å². The fraction of sp³-hybridized carbons (Fsp3) is 0.286. The number of Topliss-reactive ketones (excluding diaryl/α,β-unsaturated/α-hetero) is 1. The minimum Gasteiger partial charge on any atom is -0.305 e.